The summed E-state index contributed by atoms with van der Waals surface area (Å²) in [4.78, 5) is 27.9. The molecule has 1 fully saturated rings. The highest BCUT2D eigenvalue weighted by Crippen LogP contribution is 2.23. The van der Waals surface area contributed by atoms with Crippen molar-refractivity contribution in [3.8, 4) is 0 Å². The lowest BCUT2D eigenvalue weighted by Crippen LogP contribution is -2.25. The van der Waals surface area contributed by atoms with Crippen LogP contribution >= 0.6 is 0 Å². The summed E-state index contributed by atoms with van der Waals surface area (Å²) < 4.78 is 0. The van der Waals surface area contributed by atoms with Gasteiger partial charge in [-0.2, -0.15) is 0 Å². The summed E-state index contributed by atoms with van der Waals surface area (Å²) in [5, 5.41) is 14.6. The summed E-state index contributed by atoms with van der Waals surface area (Å²) >= 11 is 0. The molecule has 8 heteroatoms. The van der Waals surface area contributed by atoms with Crippen LogP contribution in [0.2, 0.25) is 0 Å². The van der Waals surface area contributed by atoms with Crippen molar-refractivity contribution in [1.82, 2.24) is 20.3 Å². The molecular weight excluding hydrogens is 426 g/mol. The number of nitrogens with one attached hydrogen (secondary N) is 3. The van der Waals surface area contributed by atoms with Gasteiger partial charge < -0.3 is 15.5 Å². The Bertz CT molecular complexity index is 1130. The number of benzene rings is 1. The second kappa shape index (κ2) is 10.9. The zero-order valence-corrected chi connectivity index (χ0v) is 19.8. The summed E-state index contributed by atoms with van der Waals surface area (Å²) in [6.45, 7) is 4.44. The van der Waals surface area contributed by atoms with Crippen molar-refractivity contribution >= 4 is 23.3 Å². The Kier molecular flexibility index (Phi) is 7.47. The molecule has 0 aliphatic carbocycles. The molecule has 0 spiro atoms. The lowest BCUT2D eigenvalue weighted by atomic mass is 10.1. The Hall–Kier alpha value is -3.81. The van der Waals surface area contributed by atoms with E-state index in [-0.39, 0.29) is 17.4 Å². The number of carbonyl (C=O) groups is 1. The first-order chi connectivity index (χ1) is 16.5. The maximum Gasteiger partial charge on any atom is 0.289 e. The normalized spacial score (nSPS) is 13.8. The number of aromatic nitrogens is 3. The average Bonchev–Trinajstić information content (AvgIpc) is 3.17. The molecule has 4 rings (SSSR count). The number of aryl methyl sites for hydroxylation is 1. The Balaban J connectivity index is 1.44. The van der Waals surface area contributed by atoms with Crippen LogP contribution in [0.4, 0.5) is 11.6 Å². The Morgan fingerprint density at radius 1 is 1.00 bits per heavy atom. The van der Waals surface area contributed by atoms with Crippen LogP contribution in [0.25, 0.3) is 0 Å². The molecule has 1 aliphatic heterocycles. The van der Waals surface area contributed by atoms with E-state index in [2.05, 4.69) is 25.5 Å². The summed E-state index contributed by atoms with van der Waals surface area (Å²) in [6, 6.07) is 11.9. The molecule has 0 atom stereocenters. The lowest BCUT2D eigenvalue weighted by Gasteiger charge is -2.22. The first kappa shape index (κ1) is 23.4. The molecule has 0 radical (unpaired) electrons. The van der Waals surface area contributed by atoms with E-state index in [0.29, 0.717) is 23.5 Å². The third-order valence-corrected chi connectivity index (χ3v) is 6.03. The van der Waals surface area contributed by atoms with E-state index in [1.54, 1.807) is 0 Å². The molecule has 1 amide bonds. The summed E-state index contributed by atoms with van der Waals surface area (Å²) in [6.07, 6.45) is 7.90. The van der Waals surface area contributed by atoms with Crippen LogP contribution in [-0.4, -0.2) is 46.7 Å². The third-order valence-electron chi connectivity index (χ3n) is 6.03. The van der Waals surface area contributed by atoms with Crippen LogP contribution in [0.5, 0.6) is 0 Å². The number of hydrogen-bond acceptors (Lipinski definition) is 7. The van der Waals surface area contributed by atoms with Gasteiger partial charge in [-0.3, -0.25) is 10.2 Å². The number of hydrogen-bond donors (Lipinski definition) is 3. The van der Waals surface area contributed by atoms with Gasteiger partial charge in [0.2, 0.25) is 5.82 Å². The molecule has 34 heavy (non-hydrogen) atoms. The Labute approximate surface area is 200 Å². The number of anilines is 2. The van der Waals surface area contributed by atoms with Crippen molar-refractivity contribution < 1.29 is 4.79 Å². The van der Waals surface area contributed by atoms with Crippen molar-refractivity contribution in [3.63, 3.8) is 0 Å². The van der Waals surface area contributed by atoms with Gasteiger partial charge >= 0.3 is 0 Å². The monoisotopic (exact) mass is 457 g/mol. The van der Waals surface area contributed by atoms with Crippen LogP contribution in [-0.2, 0) is 6.54 Å². The van der Waals surface area contributed by atoms with Crippen LogP contribution in [0.1, 0.15) is 58.6 Å². The van der Waals surface area contributed by atoms with Crippen molar-refractivity contribution in [2.45, 2.75) is 39.2 Å². The van der Waals surface area contributed by atoms with Crippen LogP contribution < -0.4 is 15.5 Å². The third kappa shape index (κ3) is 5.57. The lowest BCUT2D eigenvalue weighted by molar-refractivity contribution is 0.0940. The van der Waals surface area contributed by atoms with Gasteiger partial charge in [0.05, 0.1) is 5.71 Å². The first-order valence-corrected chi connectivity index (χ1v) is 11.7. The van der Waals surface area contributed by atoms with Crippen LogP contribution in [0, 0.1) is 12.3 Å². The molecule has 1 aromatic carbocycles. The molecule has 3 aromatic rings. The summed E-state index contributed by atoms with van der Waals surface area (Å²) in [5.74, 6) is 1.30. The van der Waals surface area contributed by atoms with E-state index in [1.165, 1.54) is 43.6 Å². The highest BCUT2D eigenvalue weighted by Gasteiger charge is 2.17. The standard InChI is InChI=1S/C26H31N7O/c1-18-7-9-19(10-8-18)15-31-26(34)25-29-16-20(17-30-25)23(27)21-11-12-22(32-24(21)28-2)33-13-5-3-4-6-14-33/h7-12,16-17,27H,3-6,13-15H2,1-2H3,(H,28,32)(H,31,34). The molecular formula is C26H31N7O. The highest BCUT2D eigenvalue weighted by atomic mass is 16.2. The molecule has 1 aliphatic rings. The minimum Gasteiger partial charge on any atom is -0.373 e. The van der Waals surface area contributed by atoms with Gasteiger partial charge in [0.25, 0.3) is 5.91 Å². The highest BCUT2D eigenvalue weighted by molar-refractivity contribution is 6.13. The van der Waals surface area contributed by atoms with Gasteiger partial charge in [0.1, 0.15) is 11.6 Å². The van der Waals surface area contributed by atoms with E-state index < -0.39 is 0 Å². The van der Waals surface area contributed by atoms with Gasteiger partial charge in [-0.25, -0.2) is 15.0 Å². The maximum absolute atomic E-state index is 12.4. The smallest absolute Gasteiger partial charge is 0.289 e. The molecule has 176 valence electrons. The minimum absolute atomic E-state index is 0.0761. The van der Waals surface area contributed by atoms with E-state index in [0.717, 1.165) is 24.5 Å². The summed E-state index contributed by atoms with van der Waals surface area (Å²) in [7, 11) is 1.81. The second-order valence-corrected chi connectivity index (χ2v) is 8.56. The van der Waals surface area contributed by atoms with Crippen molar-refractivity contribution in [3.05, 3.63) is 76.9 Å². The largest absolute Gasteiger partial charge is 0.373 e. The number of rotatable bonds is 7. The predicted molar refractivity (Wildman–Crippen MR) is 135 cm³/mol. The zero-order chi connectivity index (χ0) is 23.9. The van der Waals surface area contributed by atoms with Crippen LogP contribution in [0.3, 0.4) is 0 Å². The zero-order valence-electron chi connectivity index (χ0n) is 19.8. The maximum atomic E-state index is 12.4. The van der Waals surface area contributed by atoms with E-state index in [4.69, 9.17) is 10.4 Å². The molecule has 3 N–H and O–H groups in total. The fourth-order valence-electron chi connectivity index (χ4n) is 4.01. The quantitative estimate of drug-likeness (QED) is 0.464. The average molecular weight is 458 g/mol. The fraction of sp³-hybridized carbons (Fsp3) is 0.346. The minimum atomic E-state index is -0.349. The van der Waals surface area contributed by atoms with Gasteiger partial charge in [0.15, 0.2) is 0 Å². The number of amides is 1. The molecule has 1 saturated heterocycles. The van der Waals surface area contributed by atoms with Gasteiger partial charge in [-0.05, 0) is 37.5 Å². The molecule has 0 bridgehead atoms. The molecule has 0 unspecified atom stereocenters. The van der Waals surface area contributed by atoms with Crippen LogP contribution in [0.15, 0.2) is 48.8 Å². The van der Waals surface area contributed by atoms with Gasteiger partial charge in [0, 0.05) is 50.2 Å². The van der Waals surface area contributed by atoms with E-state index in [1.807, 2.05) is 50.4 Å². The summed E-state index contributed by atoms with van der Waals surface area (Å²) in [5.41, 5.74) is 3.63. The number of nitrogens with zero attached hydrogens (tertiary/aromatic N) is 4. The van der Waals surface area contributed by atoms with Gasteiger partial charge in [-0.1, -0.05) is 42.7 Å². The topological polar surface area (TPSA) is 107 Å². The molecule has 0 saturated carbocycles. The predicted octanol–water partition coefficient (Wildman–Crippen LogP) is 3.95. The second-order valence-electron chi connectivity index (χ2n) is 8.56. The number of carbonyl (C=O) groups excluding carboxylic acids is 1. The fourth-order valence-corrected chi connectivity index (χ4v) is 4.01. The molecule has 8 nitrogen and oxygen atoms in total. The Morgan fingerprint density at radius 3 is 2.32 bits per heavy atom. The van der Waals surface area contributed by atoms with Crippen molar-refractivity contribution in [2.24, 2.45) is 0 Å². The van der Waals surface area contributed by atoms with E-state index >= 15 is 0 Å². The first-order valence-electron chi connectivity index (χ1n) is 11.7. The van der Waals surface area contributed by atoms with Crippen molar-refractivity contribution in [1.29, 1.82) is 5.41 Å². The molecule has 2 aromatic heterocycles. The Morgan fingerprint density at radius 2 is 1.68 bits per heavy atom. The van der Waals surface area contributed by atoms with Crippen molar-refractivity contribution in [2.75, 3.05) is 30.4 Å². The van der Waals surface area contributed by atoms with E-state index in [9.17, 15) is 4.79 Å². The molecule has 3 heterocycles. The van der Waals surface area contributed by atoms with Gasteiger partial charge in [-0.15, -0.1) is 0 Å². The number of pyridine rings is 1. The SMILES string of the molecule is CNc1nc(N2CCCCCC2)ccc1C(=N)c1cnc(C(=O)NCc2ccc(C)cc2)nc1.